The minimum atomic E-state index is 0.427. The van der Waals surface area contributed by atoms with Crippen LogP contribution in [-0.2, 0) is 0 Å². The molecule has 1 aromatic rings. The van der Waals surface area contributed by atoms with Crippen molar-refractivity contribution < 1.29 is 0 Å². The lowest BCUT2D eigenvalue weighted by molar-refractivity contribution is 0.484. The Labute approximate surface area is 116 Å². The Kier molecular flexibility index (Phi) is 5.60. The molecule has 18 heavy (non-hydrogen) atoms. The summed E-state index contributed by atoms with van der Waals surface area (Å²) in [6.07, 6.45) is 2.36. The monoisotopic (exact) mass is 264 g/mol. The minimum absolute atomic E-state index is 0.427. The highest BCUT2D eigenvalue weighted by Crippen LogP contribution is 2.20. The molecule has 0 saturated heterocycles. The number of nitrogens with one attached hydrogen (secondary N) is 1. The summed E-state index contributed by atoms with van der Waals surface area (Å²) in [5.41, 5.74) is 8.95. The smallest absolute Gasteiger partial charge is 0.106 e. The van der Waals surface area contributed by atoms with Crippen molar-refractivity contribution in [2.45, 2.75) is 46.6 Å². The van der Waals surface area contributed by atoms with Crippen LogP contribution >= 0.6 is 12.2 Å². The van der Waals surface area contributed by atoms with E-state index in [1.54, 1.807) is 0 Å². The molecular formula is C15H24N2S. The number of hydrogen-bond donors (Lipinski definition) is 2. The van der Waals surface area contributed by atoms with Gasteiger partial charge in [-0.05, 0) is 38.3 Å². The summed E-state index contributed by atoms with van der Waals surface area (Å²) < 4.78 is 0. The average Bonchev–Trinajstić information content (AvgIpc) is 2.30. The maximum absolute atomic E-state index is 5.78. The zero-order chi connectivity index (χ0) is 13.7. The van der Waals surface area contributed by atoms with Crippen molar-refractivity contribution in [1.29, 1.82) is 0 Å². The van der Waals surface area contributed by atoms with Crippen LogP contribution in [0.2, 0.25) is 0 Å². The van der Waals surface area contributed by atoms with Gasteiger partial charge in [-0.3, -0.25) is 0 Å². The third kappa shape index (κ3) is 4.30. The van der Waals surface area contributed by atoms with E-state index in [0.717, 1.165) is 23.6 Å². The van der Waals surface area contributed by atoms with E-state index in [9.17, 15) is 0 Å². The van der Waals surface area contributed by atoms with Crippen LogP contribution in [0.3, 0.4) is 0 Å². The van der Waals surface area contributed by atoms with Gasteiger partial charge in [-0.2, -0.15) is 0 Å². The molecular weight excluding hydrogens is 240 g/mol. The Morgan fingerprint density at radius 3 is 2.61 bits per heavy atom. The second-order valence-corrected chi connectivity index (χ2v) is 5.65. The topological polar surface area (TPSA) is 38.0 Å². The largest absolute Gasteiger partial charge is 0.389 e. The van der Waals surface area contributed by atoms with E-state index in [0.29, 0.717) is 11.0 Å². The van der Waals surface area contributed by atoms with E-state index in [1.165, 1.54) is 12.0 Å². The zero-order valence-electron chi connectivity index (χ0n) is 11.8. The average molecular weight is 264 g/mol. The Hall–Kier alpha value is -1.09. The fraction of sp³-hybridized carbons (Fsp3) is 0.533. The molecule has 2 nitrogen and oxygen atoms in total. The Morgan fingerprint density at radius 2 is 2.06 bits per heavy atom. The van der Waals surface area contributed by atoms with Crippen molar-refractivity contribution in [3.8, 4) is 0 Å². The zero-order valence-corrected chi connectivity index (χ0v) is 12.6. The van der Waals surface area contributed by atoms with Crippen LogP contribution in [0.4, 0.5) is 5.69 Å². The van der Waals surface area contributed by atoms with E-state index in [4.69, 9.17) is 18.0 Å². The van der Waals surface area contributed by atoms with Gasteiger partial charge in [-0.1, -0.05) is 44.1 Å². The first kappa shape index (κ1) is 15.0. The summed E-state index contributed by atoms with van der Waals surface area (Å²) in [4.78, 5) is 0.455. The van der Waals surface area contributed by atoms with E-state index in [1.807, 2.05) is 13.0 Å². The first-order chi connectivity index (χ1) is 8.43. The second-order valence-electron chi connectivity index (χ2n) is 5.21. The molecule has 0 amide bonds. The number of thiocarbonyl (C=S) groups is 1. The number of benzene rings is 1. The van der Waals surface area contributed by atoms with Crippen molar-refractivity contribution in [1.82, 2.24) is 0 Å². The van der Waals surface area contributed by atoms with Gasteiger partial charge in [0.05, 0.1) is 0 Å². The van der Waals surface area contributed by atoms with Gasteiger partial charge < -0.3 is 11.1 Å². The highest BCUT2D eigenvalue weighted by atomic mass is 32.1. The Morgan fingerprint density at radius 1 is 1.39 bits per heavy atom. The fourth-order valence-corrected chi connectivity index (χ4v) is 2.25. The summed E-state index contributed by atoms with van der Waals surface area (Å²) in [5, 5.41) is 3.52. The molecule has 1 rings (SSSR count). The molecule has 2 atom stereocenters. The standard InChI is InChI=1S/C15H24N2S/c1-5-10(2)8-12(4)17-14-7-6-11(3)9-13(14)15(16)18/h6-7,9-10,12,17H,5,8H2,1-4H3,(H2,16,18). The highest BCUT2D eigenvalue weighted by Gasteiger charge is 2.10. The van der Waals surface area contributed by atoms with Gasteiger partial charge in [-0.15, -0.1) is 0 Å². The molecule has 0 aliphatic carbocycles. The van der Waals surface area contributed by atoms with E-state index in [-0.39, 0.29) is 0 Å². The lowest BCUT2D eigenvalue weighted by atomic mass is 9.99. The third-order valence-corrected chi connectivity index (χ3v) is 3.52. The third-order valence-electron chi connectivity index (χ3n) is 3.30. The van der Waals surface area contributed by atoms with Gasteiger partial charge in [0.25, 0.3) is 0 Å². The predicted molar refractivity (Wildman–Crippen MR) is 84.2 cm³/mol. The molecule has 0 aromatic heterocycles. The quantitative estimate of drug-likeness (QED) is 0.766. The van der Waals surface area contributed by atoms with Gasteiger partial charge >= 0.3 is 0 Å². The van der Waals surface area contributed by atoms with Gasteiger partial charge in [0, 0.05) is 17.3 Å². The summed E-state index contributed by atoms with van der Waals surface area (Å²) in [6, 6.07) is 6.62. The molecule has 3 N–H and O–H groups in total. The highest BCUT2D eigenvalue weighted by molar-refractivity contribution is 7.80. The molecule has 0 aliphatic heterocycles. The van der Waals surface area contributed by atoms with Crippen LogP contribution in [-0.4, -0.2) is 11.0 Å². The summed E-state index contributed by atoms with van der Waals surface area (Å²) in [6.45, 7) is 8.76. The van der Waals surface area contributed by atoms with Crippen molar-refractivity contribution >= 4 is 22.9 Å². The van der Waals surface area contributed by atoms with Crippen molar-refractivity contribution in [2.24, 2.45) is 11.7 Å². The van der Waals surface area contributed by atoms with Crippen LogP contribution in [0.1, 0.15) is 44.7 Å². The number of anilines is 1. The molecule has 0 aliphatic rings. The van der Waals surface area contributed by atoms with Gasteiger partial charge in [0.1, 0.15) is 4.99 Å². The summed E-state index contributed by atoms with van der Waals surface area (Å²) in [7, 11) is 0. The van der Waals surface area contributed by atoms with Crippen LogP contribution in [0.25, 0.3) is 0 Å². The molecule has 3 heteroatoms. The number of aryl methyl sites for hydroxylation is 1. The number of rotatable bonds is 6. The van der Waals surface area contributed by atoms with E-state index in [2.05, 4.69) is 38.2 Å². The molecule has 0 fully saturated rings. The van der Waals surface area contributed by atoms with Crippen molar-refractivity contribution in [3.05, 3.63) is 29.3 Å². The SMILES string of the molecule is CCC(C)CC(C)Nc1ccc(C)cc1C(N)=S. The van der Waals surface area contributed by atoms with E-state index < -0.39 is 0 Å². The normalized spacial score (nSPS) is 14.0. The predicted octanol–water partition coefficient (Wildman–Crippen LogP) is 3.87. The van der Waals surface area contributed by atoms with Crippen LogP contribution in [0.15, 0.2) is 18.2 Å². The molecule has 0 bridgehead atoms. The van der Waals surface area contributed by atoms with Crippen molar-refractivity contribution in [2.75, 3.05) is 5.32 Å². The molecule has 0 radical (unpaired) electrons. The summed E-state index contributed by atoms with van der Waals surface area (Å²) in [5.74, 6) is 0.728. The minimum Gasteiger partial charge on any atom is -0.389 e. The molecule has 2 unspecified atom stereocenters. The maximum atomic E-state index is 5.78. The maximum Gasteiger partial charge on any atom is 0.106 e. The molecule has 0 saturated carbocycles. The first-order valence-corrected chi connectivity index (χ1v) is 7.01. The first-order valence-electron chi connectivity index (χ1n) is 6.61. The Bertz CT molecular complexity index is 415. The second kappa shape index (κ2) is 6.74. The van der Waals surface area contributed by atoms with Crippen LogP contribution < -0.4 is 11.1 Å². The molecule has 0 heterocycles. The summed E-state index contributed by atoms with van der Waals surface area (Å²) >= 11 is 5.11. The van der Waals surface area contributed by atoms with Gasteiger partial charge in [0.15, 0.2) is 0 Å². The van der Waals surface area contributed by atoms with Crippen LogP contribution in [0, 0.1) is 12.8 Å². The lowest BCUT2D eigenvalue weighted by Gasteiger charge is -2.20. The Balaban J connectivity index is 2.80. The van der Waals surface area contributed by atoms with Gasteiger partial charge in [-0.25, -0.2) is 0 Å². The van der Waals surface area contributed by atoms with E-state index >= 15 is 0 Å². The number of nitrogens with two attached hydrogens (primary N) is 1. The van der Waals surface area contributed by atoms with Crippen molar-refractivity contribution in [3.63, 3.8) is 0 Å². The number of hydrogen-bond acceptors (Lipinski definition) is 2. The lowest BCUT2D eigenvalue weighted by Crippen LogP contribution is -2.21. The van der Waals surface area contributed by atoms with Crippen LogP contribution in [0.5, 0.6) is 0 Å². The molecule has 100 valence electrons. The molecule has 0 spiro atoms. The molecule has 1 aromatic carbocycles. The fourth-order valence-electron chi connectivity index (χ4n) is 2.08. The van der Waals surface area contributed by atoms with Gasteiger partial charge in [0.2, 0.25) is 0 Å².